The fourth-order valence-corrected chi connectivity index (χ4v) is 4.11. The zero-order valence-electron chi connectivity index (χ0n) is 18.7. The number of morpholine rings is 1. The van der Waals surface area contributed by atoms with Crippen LogP contribution in [0.5, 0.6) is 0 Å². The Bertz CT molecular complexity index is 1370. The summed E-state index contributed by atoms with van der Waals surface area (Å²) in [4.78, 5) is 35.5. The molecule has 2 amide bonds. The van der Waals surface area contributed by atoms with Crippen molar-refractivity contribution in [3.63, 3.8) is 0 Å². The zero-order valence-corrected chi connectivity index (χ0v) is 18.7. The van der Waals surface area contributed by atoms with Crippen LogP contribution in [0.4, 0.5) is 11.5 Å². The second-order valence-electron chi connectivity index (χ2n) is 8.08. The van der Waals surface area contributed by atoms with E-state index in [0.717, 1.165) is 16.8 Å². The van der Waals surface area contributed by atoms with Gasteiger partial charge in [-0.25, -0.2) is 9.97 Å². The summed E-state index contributed by atoms with van der Waals surface area (Å²) in [7, 11) is 0. The van der Waals surface area contributed by atoms with Gasteiger partial charge in [-0.2, -0.15) is 0 Å². The van der Waals surface area contributed by atoms with Crippen LogP contribution in [0.25, 0.3) is 16.9 Å². The van der Waals surface area contributed by atoms with E-state index in [-0.39, 0.29) is 5.91 Å². The molecule has 1 aliphatic heterocycles. The first-order valence-corrected chi connectivity index (χ1v) is 11.0. The molecule has 5 rings (SSSR count). The van der Waals surface area contributed by atoms with E-state index in [2.05, 4.69) is 10.3 Å². The first-order chi connectivity index (χ1) is 16.5. The fourth-order valence-electron chi connectivity index (χ4n) is 4.11. The average Bonchev–Trinajstić information content (AvgIpc) is 3.34. The molecule has 2 aromatic carbocycles. The molecule has 0 aliphatic carbocycles. The number of nitrogens with one attached hydrogen (secondary N) is 1. The Hall–Kier alpha value is -4.24. The summed E-state index contributed by atoms with van der Waals surface area (Å²) in [5.74, 6) is 0.0715. The lowest BCUT2D eigenvalue weighted by atomic mass is 10.00. The van der Waals surface area contributed by atoms with Gasteiger partial charge in [0.15, 0.2) is 11.5 Å². The summed E-state index contributed by atoms with van der Waals surface area (Å²) in [6.07, 6.45) is 5.40. The van der Waals surface area contributed by atoms with Crippen molar-refractivity contribution in [3.05, 3.63) is 77.7 Å². The molecule has 172 valence electrons. The fraction of sp³-hybridized carbons (Fsp3) is 0.200. The number of anilines is 2. The summed E-state index contributed by atoms with van der Waals surface area (Å²) in [6, 6.07) is 12.7. The Balaban J connectivity index is 1.46. The largest absolute Gasteiger partial charge is 0.378 e. The molecular formula is C25H24N6O3. The van der Waals surface area contributed by atoms with Gasteiger partial charge >= 0.3 is 0 Å². The number of carbonyl (C=O) groups is 2. The Morgan fingerprint density at radius 2 is 1.85 bits per heavy atom. The summed E-state index contributed by atoms with van der Waals surface area (Å²) in [5.41, 5.74) is 10.3. The first-order valence-electron chi connectivity index (χ1n) is 11.0. The van der Waals surface area contributed by atoms with Gasteiger partial charge in [-0.3, -0.25) is 9.59 Å². The molecule has 9 heteroatoms. The van der Waals surface area contributed by atoms with Crippen molar-refractivity contribution in [1.82, 2.24) is 19.3 Å². The molecule has 1 fully saturated rings. The number of carbonyl (C=O) groups excluding carboxylic acids is 2. The van der Waals surface area contributed by atoms with Crippen LogP contribution in [-0.2, 0) is 4.74 Å². The molecule has 4 aromatic rings. The third kappa shape index (κ3) is 4.08. The molecule has 0 saturated carbocycles. The van der Waals surface area contributed by atoms with E-state index < -0.39 is 5.91 Å². The molecule has 3 heterocycles. The van der Waals surface area contributed by atoms with E-state index in [9.17, 15) is 9.59 Å². The van der Waals surface area contributed by atoms with Crippen molar-refractivity contribution in [2.75, 3.05) is 31.6 Å². The van der Waals surface area contributed by atoms with Gasteiger partial charge in [0.05, 0.1) is 18.9 Å². The number of ether oxygens (including phenoxy) is 1. The third-order valence-corrected chi connectivity index (χ3v) is 5.94. The summed E-state index contributed by atoms with van der Waals surface area (Å²) in [6.45, 7) is 4.19. The van der Waals surface area contributed by atoms with Crippen molar-refractivity contribution in [2.24, 2.45) is 5.73 Å². The molecule has 34 heavy (non-hydrogen) atoms. The molecule has 0 bridgehead atoms. The first kappa shape index (κ1) is 21.6. The van der Waals surface area contributed by atoms with Crippen molar-refractivity contribution in [2.45, 2.75) is 6.92 Å². The second-order valence-corrected chi connectivity index (χ2v) is 8.08. The predicted molar refractivity (Wildman–Crippen MR) is 128 cm³/mol. The SMILES string of the molecule is Cc1c(C(N)=O)cccc1-c1cn2ccnc2c(Nc2ccc(C(=O)N3CCOCC3)cc2)n1. The maximum absolute atomic E-state index is 12.7. The molecular weight excluding hydrogens is 432 g/mol. The van der Waals surface area contributed by atoms with Crippen LogP contribution < -0.4 is 11.1 Å². The summed E-state index contributed by atoms with van der Waals surface area (Å²) in [5, 5.41) is 3.31. The van der Waals surface area contributed by atoms with Crippen molar-refractivity contribution in [1.29, 1.82) is 0 Å². The monoisotopic (exact) mass is 456 g/mol. The number of hydrogen-bond donors (Lipinski definition) is 2. The number of nitrogens with two attached hydrogens (primary N) is 1. The highest BCUT2D eigenvalue weighted by atomic mass is 16.5. The molecule has 0 radical (unpaired) electrons. The van der Waals surface area contributed by atoms with Crippen molar-refractivity contribution in [3.8, 4) is 11.3 Å². The van der Waals surface area contributed by atoms with Crippen LogP contribution in [0.1, 0.15) is 26.3 Å². The number of aromatic nitrogens is 3. The summed E-state index contributed by atoms with van der Waals surface area (Å²) < 4.78 is 7.20. The topological polar surface area (TPSA) is 115 Å². The maximum atomic E-state index is 12.7. The number of fused-ring (bicyclic) bond motifs is 1. The highest BCUT2D eigenvalue weighted by Crippen LogP contribution is 2.28. The van der Waals surface area contributed by atoms with E-state index in [1.165, 1.54) is 0 Å². The minimum absolute atomic E-state index is 0.00423. The van der Waals surface area contributed by atoms with Crippen LogP contribution in [0, 0.1) is 6.92 Å². The van der Waals surface area contributed by atoms with E-state index in [4.69, 9.17) is 15.5 Å². The lowest BCUT2D eigenvalue weighted by Crippen LogP contribution is -2.40. The molecule has 0 spiro atoms. The Kier molecular flexibility index (Phi) is 5.69. The van der Waals surface area contributed by atoms with Crippen LogP contribution in [0.3, 0.4) is 0 Å². The van der Waals surface area contributed by atoms with Crippen LogP contribution >= 0.6 is 0 Å². The Labute approximate surface area is 196 Å². The van der Waals surface area contributed by atoms with Gasteiger partial charge in [0.25, 0.3) is 5.91 Å². The third-order valence-electron chi connectivity index (χ3n) is 5.94. The zero-order chi connectivity index (χ0) is 23.7. The van der Waals surface area contributed by atoms with Crippen LogP contribution in [0.2, 0.25) is 0 Å². The van der Waals surface area contributed by atoms with Gasteiger partial charge in [0.2, 0.25) is 5.91 Å². The Morgan fingerprint density at radius 3 is 2.59 bits per heavy atom. The number of imidazole rings is 1. The minimum atomic E-state index is -0.479. The number of benzene rings is 2. The van der Waals surface area contributed by atoms with Gasteiger partial charge in [0.1, 0.15) is 0 Å². The smallest absolute Gasteiger partial charge is 0.254 e. The van der Waals surface area contributed by atoms with Gasteiger partial charge in [-0.15, -0.1) is 0 Å². The molecule has 1 saturated heterocycles. The van der Waals surface area contributed by atoms with Crippen LogP contribution in [-0.4, -0.2) is 57.4 Å². The normalized spacial score (nSPS) is 13.7. The maximum Gasteiger partial charge on any atom is 0.254 e. The van der Waals surface area contributed by atoms with Gasteiger partial charge in [-0.1, -0.05) is 12.1 Å². The standard InChI is InChI=1S/C25H24N6O3/c1-16-19(3-2-4-20(16)22(26)32)21-15-31-10-9-27-24(31)23(29-21)28-18-7-5-17(6-8-18)25(33)30-11-13-34-14-12-30/h2-10,15H,11-14H2,1H3,(H2,26,32)(H,28,29). The lowest BCUT2D eigenvalue weighted by Gasteiger charge is -2.26. The molecule has 2 aromatic heterocycles. The highest BCUT2D eigenvalue weighted by Gasteiger charge is 2.19. The number of hydrogen-bond acceptors (Lipinski definition) is 6. The number of rotatable bonds is 5. The number of nitrogens with zero attached hydrogens (tertiary/aromatic N) is 4. The number of primary amides is 1. The second kappa shape index (κ2) is 8.95. The van der Waals surface area contributed by atoms with Crippen molar-refractivity contribution < 1.29 is 14.3 Å². The van der Waals surface area contributed by atoms with Crippen LogP contribution in [0.15, 0.2) is 61.1 Å². The molecule has 3 N–H and O–H groups in total. The van der Waals surface area contributed by atoms with E-state index >= 15 is 0 Å². The molecule has 9 nitrogen and oxygen atoms in total. The lowest BCUT2D eigenvalue weighted by molar-refractivity contribution is 0.0303. The van der Waals surface area contributed by atoms with Gasteiger partial charge < -0.3 is 25.1 Å². The quantitative estimate of drug-likeness (QED) is 0.477. The average molecular weight is 457 g/mol. The minimum Gasteiger partial charge on any atom is -0.378 e. The van der Waals surface area contributed by atoms with Gasteiger partial charge in [0, 0.05) is 54.1 Å². The van der Waals surface area contributed by atoms with E-state index in [1.54, 1.807) is 35.4 Å². The number of amides is 2. The molecule has 1 aliphatic rings. The van der Waals surface area contributed by atoms with Crippen molar-refractivity contribution >= 4 is 29.0 Å². The summed E-state index contributed by atoms with van der Waals surface area (Å²) >= 11 is 0. The van der Waals surface area contributed by atoms with E-state index in [1.807, 2.05) is 41.9 Å². The molecule has 0 atom stereocenters. The highest BCUT2D eigenvalue weighted by molar-refractivity contribution is 5.96. The predicted octanol–water partition coefficient (Wildman–Crippen LogP) is 3.02. The molecule has 0 unspecified atom stereocenters. The van der Waals surface area contributed by atoms with Gasteiger partial charge in [-0.05, 0) is 42.8 Å². The Morgan fingerprint density at radius 1 is 1.09 bits per heavy atom. The van der Waals surface area contributed by atoms with E-state index in [0.29, 0.717) is 54.6 Å².